The second-order valence-electron chi connectivity index (χ2n) is 10.2. The molecule has 4 aromatic rings. The monoisotopic (exact) mass is 585 g/mol. The van der Waals surface area contributed by atoms with E-state index < -0.39 is 5.60 Å². The van der Waals surface area contributed by atoms with Crippen molar-refractivity contribution in [3.63, 3.8) is 0 Å². The molecule has 1 aromatic carbocycles. The predicted molar refractivity (Wildman–Crippen MR) is 146 cm³/mol. The number of fused-ring (bicyclic) bond motifs is 2. The topological polar surface area (TPSA) is 73.9 Å². The van der Waals surface area contributed by atoms with E-state index in [0.29, 0.717) is 35.9 Å². The molecule has 0 spiro atoms. The zero-order valence-corrected chi connectivity index (χ0v) is 23.8. The van der Waals surface area contributed by atoms with E-state index in [9.17, 15) is 4.79 Å². The summed E-state index contributed by atoms with van der Waals surface area (Å²) in [5.41, 5.74) is 4.82. The molecule has 1 unspecified atom stereocenters. The molecule has 1 amide bonds. The maximum atomic E-state index is 12.7. The summed E-state index contributed by atoms with van der Waals surface area (Å²) in [4.78, 5) is 14.4. The molecule has 4 heterocycles. The van der Waals surface area contributed by atoms with Crippen molar-refractivity contribution < 1.29 is 14.3 Å². The maximum absolute atomic E-state index is 12.7. The van der Waals surface area contributed by atoms with Gasteiger partial charge < -0.3 is 14.4 Å². The van der Waals surface area contributed by atoms with E-state index in [4.69, 9.17) is 26.2 Å². The van der Waals surface area contributed by atoms with Gasteiger partial charge in [0.1, 0.15) is 23.0 Å². The van der Waals surface area contributed by atoms with Crippen LogP contribution in [0.1, 0.15) is 50.6 Å². The third-order valence-corrected chi connectivity index (χ3v) is 7.35. The molecule has 0 aliphatic carbocycles. The maximum Gasteiger partial charge on any atom is 0.410 e. The van der Waals surface area contributed by atoms with Crippen LogP contribution in [-0.4, -0.2) is 42.5 Å². The highest BCUT2D eigenvalue weighted by Gasteiger charge is 2.29. The summed E-state index contributed by atoms with van der Waals surface area (Å²) < 4.78 is 16.7. The summed E-state index contributed by atoms with van der Waals surface area (Å²) in [6, 6.07) is 9.94. The number of carbonyl (C=O) groups excluding carboxylic acids is 1. The van der Waals surface area contributed by atoms with E-state index in [1.807, 2.05) is 75.8 Å². The first-order valence-electron chi connectivity index (χ1n) is 12.1. The number of hydrogen-bond acceptors (Lipinski definition) is 5. The highest BCUT2D eigenvalue weighted by Crippen LogP contribution is 2.37. The van der Waals surface area contributed by atoms with Gasteiger partial charge in [0.2, 0.25) is 0 Å². The number of ether oxygens (including phenoxy) is 2. The first-order valence-corrected chi connectivity index (χ1v) is 13.3. The van der Waals surface area contributed by atoms with Gasteiger partial charge in [0.25, 0.3) is 0 Å². The van der Waals surface area contributed by atoms with Crippen LogP contribution in [0.4, 0.5) is 4.79 Å². The highest BCUT2D eigenvalue weighted by molar-refractivity contribution is 9.10. The largest absolute Gasteiger partial charge is 0.484 e. The average molecular weight is 587 g/mol. The highest BCUT2D eigenvalue weighted by atomic mass is 79.9. The second kappa shape index (κ2) is 9.68. The molecule has 3 aromatic heterocycles. The molecule has 10 heteroatoms. The molecule has 0 radical (unpaired) electrons. The van der Waals surface area contributed by atoms with Crippen molar-refractivity contribution in [2.75, 3.05) is 6.54 Å². The van der Waals surface area contributed by atoms with E-state index >= 15 is 0 Å². The SMILES string of the molecule is Cc1c(-c2cc(OC(C)c3ccccc3Br)c3c(Cl)cnn3c2)nn2c1CN(C(=O)OC(C)(C)C)CC2. The van der Waals surface area contributed by atoms with Crippen LogP contribution in [0.25, 0.3) is 16.8 Å². The Kier molecular flexibility index (Phi) is 6.70. The molecular weight excluding hydrogens is 558 g/mol. The summed E-state index contributed by atoms with van der Waals surface area (Å²) in [6.45, 7) is 11.2. The Morgan fingerprint density at radius 3 is 2.70 bits per heavy atom. The van der Waals surface area contributed by atoms with Gasteiger partial charge in [-0.15, -0.1) is 0 Å². The van der Waals surface area contributed by atoms with Gasteiger partial charge in [-0.1, -0.05) is 45.7 Å². The summed E-state index contributed by atoms with van der Waals surface area (Å²) >= 11 is 10.1. The van der Waals surface area contributed by atoms with Crippen molar-refractivity contribution in [1.29, 1.82) is 0 Å². The number of amides is 1. The minimum absolute atomic E-state index is 0.237. The van der Waals surface area contributed by atoms with Crippen LogP contribution in [0.5, 0.6) is 5.75 Å². The summed E-state index contributed by atoms with van der Waals surface area (Å²) in [5, 5.41) is 9.84. The number of benzene rings is 1. The van der Waals surface area contributed by atoms with E-state index in [0.717, 1.165) is 32.6 Å². The van der Waals surface area contributed by atoms with Crippen molar-refractivity contribution in [2.45, 2.75) is 59.4 Å². The lowest BCUT2D eigenvalue weighted by Crippen LogP contribution is -2.41. The standard InChI is InChI=1S/C27H29BrClN5O3/c1-16-22-15-32(26(35)37-27(3,4)5)10-11-33(22)31-24(16)18-12-23(25-21(29)13-30-34(25)14-18)36-17(2)19-8-6-7-9-20(19)28/h6-9,12-14,17H,10-11,15H2,1-5H3. The lowest BCUT2D eigenvalue weighted by molar-refractivity contribution is 0.0194. The van der Waals surface area contributed by atoms with Crippen LogP contribution < -0.4 is 4.74 Å². The van der Waals surface area contributed by atoms with Gasteiger partial charge in [-0.3, -0.25) is 4.68 Å². The van der Waals surface area contributed by atoms with Gasteiger partial charge in [-0.25, -0.2) is 9.31 Å². The van der Waals surface area contributed by atoms with E-state index in [2.05, 4.69) is 21.0 Å². The number of pyridine rings is 1. The van der Waals surface area contributed by atoms with Crippen molar-refractivity contribution in [2.24, 2.45) is 0 Å². The molecule has 0 bridgehead atoms. The van der Waals surface area contributed by atoms with Crippen LogP contribution in [-0.2, 0) is 17.8 Å². The van der Waals surface area contributed by atoms with Crippen LogP contribution in [0, 0.1) is 6.92 Å². The fraction of sp³-hybridized carbons (Fsp3) is 0.370. The Balaban J connectivity index is 1.50. The Morgan fingerprint density at radius 2 is 1.97 bits per heavy atom. The van der Waals surface area contributed by atoms with Gasteiger partial charge >= 0.3 is 6.09 Å². The van der Waals surface area contributed by atoms with Crippen LogP contribution in [0.2, 0.25) is 5.02 Å². The second-order valence-corrected chi connectivity index (χ2v) is 11.5. The van der Waals surface area contributed by atoms with E-state index in [1.54, 1.807) is 15.6 Å². The van der Waals surface area contributed by atoms with Crippen molar-refractivity contribution in [3.05, 3.63) is 69.0 Å². The van der Waals surface area contributed by atoms with Crippen molar-refractivity contribution >= 4 is 39.1 Å². The molecule has 37 heavy (non-hydrogen) atoms. The lowest BCUT2D eigenvalue weighted by Gasteiger charge is -2.30. The van der Waals surface area contributed by atoms with Gasteiger partial charge in [0.15, 0.2) is 0 Å². The number of nitrogens with zero attached hydrogens (tertiary/aromatic N) is 5. The molecule has 1 aliphatic heterocycles. The Hall–Kier alpha value is -3.04. The Morgan fingerprint density at radius 1 is 1.22 bits per heavy atom. The minimum Gasteiger partial charge on any atom is -0.484 e. The van der Waals surface area contributed by atoms with E-state index in [-0.39, 0.29) is 12.2 Å². The lowest BCUT2D eigenvalue weighted by atomic mass is 10.1. The molecule has 0 saturated carbocycles. The first-order chi connectivity index (χ1) is 17.5. The summed E-state index contributed by atoms with van der Waals surface area (Å²) in [5.74, 6) is 0.615. The third-order valence-electron chi connectivity index (χ3n) is 6.35. The molecule has 0 saturated heterocycles. The first kappa shape index (κ1) is 25.6. The number of halogens is 2. The van der Waals surface area contributed by atoms with Crippen molar-refractivity contribution in [3.8, 4) is 17.0 Å². The number of aromatic nitrogens is 4. The molecule has 8 nitrogen and oxygen atoms in total. The van der Waals surface area contributed by atoms with Gasteiger partial charge in [0, 0.05) is 33.9 Å². The smallest absolute Gasteiger partial charge is 0.410 e. The number of carbonyl (C=O) groups is 1. The number of hydrogen-bond donors (Lipinski definition) is 0. The normalized spacial score (nSPS) is 14.5. The van der Waals surface area contributed by atoms with Gasteiger partial charge in [0.05, 0.1) is 35.7 Å². The minimum atomic E-state index is -0.543. The summed E-state index contributed by atoms with van der Waals surface area (Å²) in [6.07, 6.45) is 2.97. The Labute approximate surface area is 229 Å². The third kappa shape index (κ3) is 5.07. The fourth-order valence-electron chi connectivity index (χ4n) is 4.53. The zero-order chi connectivity index (χ0) is 26.5. The van der Waals surface area contributed by atoms with Crippen LogP contribution in [0.15, 0.2) is 47.2 Å². The average Bonchev–Trinajstić information content (AvgIpc) is 3.37. The molecule has 1 aliphatic rings. The van der Waals surface area contributed by atoms with Crippen LogP contribution >= 0.6 is 27.5 Å². The molecule has 5 rings (SSSR count). The molecule has 0 fully saturated rings. The molecule has 194 valence electrons. The quantitative estimate of drug-likeness (QED) is 0.263. The molecule has 0 N–H and O–H groups in total. The van der Waals surface area contributed by atoms with E-state index in [1.165, 1.54) is 0 Å². The van der Waals surface area contributed by atoms with Crippen molar-refractivity contribution in [1.82, 2.24) is 24.3 Å². The van der Waals surface area contributed by atoms with Gasteiger partial charge in [-0.2, -0.15) is 10.2 Å². The van der Waals surface area contributed by atoms with Crippen LogP contribution in [0.3, 0.4) is 0 Å². The Bertz CT molecular complexity index is 1490. The zero-order valence-electron chi connectivity index (χ0n) is 21.5. The fourth-order valence-corrected chi connectivity index (χ4v) is 5.36. The van der Waals surface area contributed by atoms with Gasteiger partial charge in [-0.05, 0) is 46.8 Å². The number of rotatable bonds is 4. The molecule has 1 atom stereocenters. The predicted octanol–water partition coefficient (Wildman–Crippen LogP) is 6.81. The molecular formula is C27H29BrClN5O3. The summed E-state index contributed by atoms with van der Waals surface area (Å²) in [7, 11) is 0.